The Bertz CT molecular complexity index is 3250. The summed E-state index contributed by atoms with van der Waals surface area (Å²) < 4.78 is 110. The molecule has 94 heavy (non-hydrogen) atoms. The number of carbonyl (C=O) groups is 6. The number of hydrogen-bond acceptors (Lipinski definition) is 34. The van der Waals surface area contributed by atoms with Crippen molar-refractivity contribution < 1.29 is 123 Å². The number of anilines is 2. The molecule has 0 saturated carbocycles. The van der Waals surface area contributed by atoms with Crippen molar-refractivity contribution in [1.82, 2.24) is 39.0 Å². The van der Waals surface area contributed by atoms with Gasteiger partial charge in [0, 0.05) is 35.0 Å². The van der Waals surface area contributed by atoms with Gasteiger partial charge in [0.25, 0.3) is 0 Å². The van der Waals surface area contributed by atoms with Gasteiger partial charge in [0.1, 0.15) is 45.3 Å². The summed E-state index contributed by atoms with van der Waals surface area (Å²) in [6, 6.07) is 14.9. The van der Waals surface area contributed by atoms with E-state index in [0.29, 0.717) is 44.5 Å². The molecule has 0 spiro atoms. The third-order valence-electron chi connectivity index (χ3n) is 10.3. The molecule has 0 bridgehead atoms. The summed E-state index contributed by atoms with van der Waals surface area (Å²) in [6.07, 6.45) is -2.78. The molecule has 4 heterocycles. The van der Waals surface area contributed by atoms with Crippen molar-refractivity contribution in [2.24, 2.45) is 0 Å². The van der Waals surface area contributed by atoms with Crippen LogP contribution in [0.4, 0.5) is 31.1 Å². The van der Waals surface area contributed by atoms with E-state index in [9.17, 15) is 37.9 Å². The van der Waals surface area contributed by atoms with Crippen LogP contribution in [0.15, 0.2) is 93.2 Å². The molecule has 0 saturated heterocycles. The van der Waals surface area contributed by atoms with Crippen LogP contribution in [0.25, 0.3) is 22.3 Å². The molecule has 0 atom stereocenters. The summed E-state index contributed by atoms with van der Waals surface area (Å²) in [4.78, 5) is 93.5. The van der Waals surface area contributed by atoms with E-state index in [0.717, 1.165) is 21.3 Å². The molecule has 40 heteroatoms. The molecule has 0 aliphatic carbocycles. The molecule has 0 radical (unpaired) electrons. The van der Waals surface area contributed by atoms with E-state index in [1.54, 1.807) is 91.4 Å². The van der Waals surface area contributed by atoms with Gasteiger partial charge in [-0.1, -0.05) is 23.5 Å². The van der Waals surface area contributed by atoms with Gasteiger partial charge in [0.15, 0.2) is 11.3 Å². The number of aliphatic carboxylic acids is 2. The Labute approximate surface area is 545 Å². The number of rotatable bonds is 34. The molecule has 0 amide bonds. The summed E-state index contributed by atoms with van der Waals surface area (Å²) in [5, 5.41) is 16.7. The highest BCUT2D eigenvalue weighted by Crippen LogP contribution is 2.49. The number of hydrogen-bond donors (Lipinski definition) is 4. The minimum absolute atomic E-state index is 0.0134. The molecule has 6 aromatic rings. The number of nitrogen functional groups attached to an aromatic ring is 2. The predicted octanol–water partition coefficient (Wildman–Crippen LogP) is 9.33. The number of carboxylic acids is 2. The van der Waals surface area contributed by atoms with Crippen LogP contribution in [0, 0.1) is 0 Å². The minimum Gasteiger partial charge on any atom is -0.497 e. The summed E-state index contributed by atoms with van der Waals surface area (Å²) in [6.45, 7) is 10.4. The van der Waals surface area contributed by atoms with Gasteiger partial charge in [0.05, 0.1) is 64.5 Å². The van der Waals surface area contributed by atoms with E-state index in [2.05, 4.69) is 29.9 Å². The number of imidazole rings is 2. The highest BCUT2D eigenvalue weighted by Gasteiger charge is 2.30. The summed E-state index contributed by atoms with van der Waals surface area (Å²) in [5.41, 5.74) is 13.9. The van der Waals surface area contributed by atoms with Gasteiger partial charge in [-0.2, -0.15) is 9.97 Å². The lowest BCUT2D eigenvalue weighted by Gasteiger charge is -2.19. The van der Waals surface area contributed by atoms with Crippen LogP contribution in [-0.4, -0.2) is 178 Å². The first-order valence-corrected chi connectivity index (χ1v) is 32.7. The maximum Gasteiger partial charge on any atom is 0.510 e. The zero-order valence-corrected chi connectivity index (χ0v) is 55.9. The normalized spacial score (nSPS) is 11.4. The van der Waals surface area contributed by atoms with Crippen molar-refractivity contribution in [2.45, 2.75) is 113 Å². The number of benzene rings is 2. The first kappa shape index (κ1) is 77.9. The lowest BCUT2D eigenvalue weighted by Crippen LogP contribution is -2.17. The molecule has 0 aliphatic heterocycles. The van der Waals surface area contributed by atoms with Gasteiger partial charge < -0.3 is 87.7 Å². The van der Waals surface area contributed by atoms with Crippen LogP contribution in [0.5, 0.6) is 11.5 Å². The Morgan fingerprint density at radius 3 is 1.06 bits per heavy atom. The Kier molecular flexibility index (Phi) is 33.0. The number of carboxylic acid groups (broad SMARTS) is 2. The van der Waals surface area contributed by atoms with Crippen LogP contribution in [-0.2, 0) is 97.3 Å². The smallest absolute Gasteiger partial charge is 0.497 e. The Balaban J connectivity index is 0.000000358. The number of nitrogens with zero attached hydrogens (tertiary/aromatic N) is 8. The number of aromatic nitrogens is 8. The molecular formula is C54H72N10O26P2S2. The van der Waals surface area contributed by atoms with Crippen LogP contribution >= 0.6 is 38.7 Å². The summed E-state index contributed by atoms with van der Waals surface area (Å²) in [5.74, 6) is -0.944. The van der Waals surface area contributed by atoms with Gasteiger partial charge in [-0.25, -0.2) is 48.7 Å². The maximum atomic E-state index is 13.2. The van der Waals surface area contributed by atoms with Gasteiger partial charge >= 0.3 is 51.8 Å². The SMILES string of the molecule is COc1ccc(Sc2nc(N)nc3c2ncn3CCOCP(=O)(OCOC(=O)OC(C)C)OCOC(=O)OC(C)C)cc1.COc1ccc(Sc2nc(N)nc3c2ncn3CCOCP(=O)(OCOC(=O)OC(C)C)OCOC(=O)OC(C)C)cc1.O=C(O)/C=C/C(=O)O. The van der Waals surface area contributed by atoms with Crippen molar-refractivity contribution in [1.29, 1.82) is 0 Å². The van der Waals surface area contributed by atoms with Gasteiger partial charge in [-0.05, 0) is 104 Å². The minimum atomic E-state index is -4.09. The molecule has 0 unspecified atom stereocenters. The molecule has 516 valence electrons. The predicted molar refractivity (Wildman–Crippen MR) is 330 cm³/mol. The van der Waals surface area contributed by atoms with Crippen LogP contribution in [0.1, 0.15) is 55.4 Å². The lowest BCUT2D eigenvalue weighted by molar-refractivity contribution is -0.134. The number of carbonyl (C=O) groups excluding carboxylic acids is 4. The van der Waals surface area contributed by atoms with Crippen LogP contribution in [0.2, 0.25) is 0 Å². The molecule has 2 aromatic carbocycles. The second-order valence-corrected chi connectivity index (χ2v) is 25.2. The van der Waals surface area contributed by atoms with Crippen LogP contribution in [0.3, 0.4) is 0 Å². The molecule has 4 aromatic heterocycles. The third kappa shape index (κ3) is 29.6. The third-order valence-corrected chi connectivity index (χ3v) is 15.3. The Morgan fingerprint density at radius 1 is 0.500 bits per heavy atom. The van der Waals surface area contributed by atoms with Crippen molar-refractivity contribution in [3.05, 3.63) is 73.3 Å². The fourth-order valence-corrected chi connectivity index (χ4v) is 10.2. The number of ether oxygens (including phenoxy) is 12. The van der Waals surface area contributed by atoms with Gasteiger partial charge in [-0.15, -0.1) is 0 Å². The largest absolute Gasteiger partial charge is 0.510 e. The van der Waals surface area contributed by atoms with E-state index in [1.165, 1.54) is 23.5 Å². The van der Waals surface area contributed by atoms with E-state index in [1.807, 2.05) is 48.5 Å². The first-order valence-electron chi connectivity index (χ1n) is 27.6. The first-order chi connectivity index (χ1) is 44.6. The fourth-order valence-electron chi connectivity index (χ4n) is 6.42. The number of nitrogens with two attached hydrogens (primary N) is 2. The Morgan fingerprint density at radius 2 is 0.798 bits per heavy atom. The fraction of sp³-hybridized carbons (Fsp3) is 0.444. The number of methoxy groups -OCH3 is 2. The van der Waals surface area contributed by atoms with Gasteiger partial charge in [0.2, 0.25) is 39.1 Å². The topological polar surface area (TPSA) is 464 Å². The summed E-state index contributed by atoms with van der Waals surface area (Å²) in [7, 11) is -4.99. The second-order valence-electron chi connectivity index (χ2n) is 19.1. The molecule has 0 aliphatic rings. The van der Waals surface area contributed by atoms with Crippen molar-refractivity contribution >= 4 is 109 Å². The zero-order chi connectivity index (χ0) is 69.4. The monoisotopic (exact) mass is 1400 g/mol. The maximum absolute atomic E-state index is 13.2. The van der Waals surface area contributed by atoms with Crippen molar-refractivity contribution in [3.8, 4) is 11.5 Å². The van der Waals surface area contributed by atoms with E-state index >= 15 is 0 Å². The molecule has 6 N–H and O–H groups in total. The molecular weight excluding hydrogens is 1330 g/mol. The van der Waals surface area contributed by atoms with E-state index in [-0.39, 0.29) is 38.2 Å². The molecule has 6 rings (SSSR count). The van der Waals surface area contributed by atoms with E-state index < -0.39 is 116 Å². The molecule has 0 fully saturated rings. The number of fused-ring (bicyclic) bond motifs is 2. The molecule has 36 nitrogen and oxygen atoms in total. The average Bonchev–Trinajstić information content (AvgIpc) is 1.63. The highest BCUT2D eigenvalue weighted by molar-refractivity contribution is 7.99. The Hall–Kier alpha value is -8.58. The summed E-state index contributed by atoms with van der Waals surface area (Å²) >= 11 is 2.74. The standard InChI is InChI=1S/2C25H34N5O11PS.C4H4O4/c2*1-16(2)40-24(31)36-13-38-42(33,39-14-37-25(32)41-17(3)4)15-35-11-10-30-12-27-20-21(30)28-23(26)29-22(20)43-19-8-6-18(34-5)7-9-19;5-3(6)1-2-4(7)8/h2*6-9,12,16-17H,10-11,13-15H2,1-5H3,(H2,26,28,29);1-2H,(H,5,6)(H,7,8)/b;;2-1+. The lowest BCUT2D eigenvalue weighted by atomic mass is 10.3. The van der Waals surface area contributed by atoms with Crippen LogP contribution < -0.4 is 20.9 Å². The average molecular weight is 1400 g/mol. The van der Waals surface area contributed by atoms with Gasteiger partial charge in [-0.3, -0.25) is 27.2 Å². The second kappa shape index (κ2) is 39.8. The zero-order valence-electron chi connectivity index (χ0n) is 52.4. The highest BCUT2D eigenvalue weighted by atomic mass is 32.2. The van der Waals surface area contributed by atoms with Crippen molar-refractivity contribution in [3.63, 3.8) is 0 Å². The van der Waals surface area contributed by atoms with E-state index in [4.69, 9.17) is 96.6 Å². The quantitative estimate of drug-likeness (QED) is 0.00555. The van der Waals surface area contributed by atoms with Crippen molar-refractivity contribution in [2.75, 3.05) is 78.8 Å².